The molecule has 3 nitrogen and oxygen atoms in total. The third-order valence-corrected chi connectivity index (χ3v) is 1.43. The standard InChI is InChI=1S/C7H12NO2Si/c1-5(2)4-6(8-11)7(9)10-3/h5H,4H2,1-3H3/b8-6-. The zero-order chi connectivity index (χ0) is 8.85. The van der Waals surface area contributed by atoms with Crippen LogP contribution in [0, 0.1) is 5.92 Å². The Kier molecular flexibility index (Phi) is 4.77. The van der Waals surface area contributed by atoms with Crippen molar-refractivity contribution >= 4 is 22.1 Å². The van der Waals surface area contributed by atoms with E-state index in [0.717, 1.165) is 0 Å². The summed E-state index contributed by atoms with van der Waals surface area (Å²) in [5.74, 6) is 0.0397. The maximum atomic E-state index is 10.9. The SMILES string of the molecule is COC(=O)/C(CC(C)C)=N\[Si]. The van der Waals surface area contributed by atoms with E-state index in [1.54, 1.807) is 0 Å². The van der Waals surface area contributed by atoms with Crippen LogP contribution in [0.3, 0.4) is 0 Å². The molecule has 0 saturated carbocycles. The summed E-state index contributed by atoms with van der Waals surface area (Å²) in [6, 6.07) is 0. The Morgan fingerprint density at radius 1 is 1.64 bits per heavy atom. The Bertz CT molecular complexity index is 166. The molecule has 0 aromatic heterocycles. The van der Waals surface area contributed by atoms with Crippen molar-refractivity contribution in [1.82, 2.24) is 0 Å². The van der Waals surface area contributed by atoms with Crippen LogP contribution in [0.25, 0.3) is 0 Å². The average Bonchev–Trinajstić information content (AvgIpc) is 1.98. The molecule has 0 aliphatic rings. The van der Waals surface area contributed by atoms with Crippen LogP contribution in [0.15, 0.2) is 4.66 Å². The zero-order valence-electron chi connectivity index (χ0n) is 7.05. The van der Waals surface area contributed by atoms with Gasteiger partial charge in [0.25, 0.3) is 0 Å². The fourth-order valence-electron chi connectivity index (χ4n) is 0.679. The Balaban J connectivity index is 4.09. The highest BCUT2D eigenvalue weighted by Gasteiger charge is 2.11. The van der Waals surface area contributed by atoms with Gasteiger partial charge < -0.3 is 9.39 Å². The van der Waals surface area contributed by atoms with Crippen molar-refractivity contribution in [3.63, 3.8) is 0 Å². The minimum atomic E-state index is -0.367. The van der Waals surface area contributed by atoms with Gasteiger partial charge in [0.05, 0.1) is 7.11 Å². The smallest absolute Gasteiger partial charge is 0.350 e. The van der Waals surface area contributed by atoms with Gasteiger partial charge in [-0.25, -0.2) is 4.79 Å². The number of nitrogens with zero attached hydrogens (tertiary/aromatic N) is 1. The van der Waals surface area contributed by atoms with E-state index in [-0.39, 0.29) is 5.97 Å². The normalized spacial score (nSPS) is 11.9. The molecule has 0 aromatic carbocycles. The average molecular weight is 170 g/mol. The van der Waals surface area contributed by atoms with Gasteiger partial charge in [0.2, 0.25) is 10.4 Å². The molecule has 61 valence electrons. The Morgan fingerprint density at radius 2 is 2.18 bits per heavy atom. The molecule has 0 aliphatic carbocycles. The van der Waals surface area contributed by atoms with Crippen LogP contribution in [0.2, 0.25) is 0 Å². The zero-order valence-corrected chi connectivity index (χ0v) is 8.05. The first-order valence-corrected chi connectivity index (χ1v) is 3.88. The Morgan fingerprint density at radius 3 is 2.45 bits per heavy atom. The third kappa shape index (κ3) is 3.93. The van der Waals surface area contributed by atoms with Crippen LogP contribution in [-0.4, -0.2) is 29.2 Å². The Labute approximate surface area is 70.4 Å². The van der Waals surface area contributed by atoms with Crippen molar-refractivity contribution in [2.24, 2.45) is 10.6 Å². The molecule has 0 unspecified atom stereocenters. The first kappa shape index (κ1) is 10.4. The van der Waals surface area contributed by atoms with Crippen LogP contribution >= 0.6 is 0 Å². The monoisotopic (exact) mass is 170 g/mol. The molecule has 0 aliphatic heterocycles. The number of rotatable bonds is 3. The maximum Gasteiger partial charge on any atom is 0.350 e. The predicted molar refractivity (Wildman–Crippen MR) is 44.7 cm³/mol. The van der Waals surface area contributed by atoms with E-state index in [9.17, 15) is 4.79 Å². The van der Waals surface area contributed by atoms with Gasteiger partial charge in [-0.2, -0.15) is 0 Å². The Hall–Kier alpha value is -0.643. The van der Waals surface area contributed by atoms with Gasteiger partial charge in [0, 0.05) is 0 Å². The number of carbonyl (C=O) groups is 1. The van der Waals surface area contributed by atoms with Gasteiger partial charge in [-0.3, -0.25) is 0 Å². The minimum absolute atomic E-state index is 0.367. The molecule has 0 rings (SSSR count). The maximum absolute atomic E-state index is 10.9. The van der Waals surface area contributed by atoms with Gasteiger partial charge in [-0.05, 0) is 12.3 Å². The van der Waals surface area contributed by atoms with E-state index < -0.39 is 0 Å². The fourth-order valence-corrected chi connectivity index (χ4v) is 0.862. The van der Waals surface area contributed by atoms with Crippen LogP contribution in [0.5, 0.6) is 0 Å². The molecule has 0 fully saturated rings. The summed E-state index contributed by atoms with van der Waals surface area (Å²) in [6.07, 6.45) is 0.635. The topological polar surface area (TPSA) is 38.7 Å². The highest BCUT2D eigenvalue weighted by molar-refractivity contribution is 6.40. The molecule has 0 aromatic rings. The molecule has 4 heteroatoms. The lowest BCUT2D eigenvalue weighted by atomic mass is 10.1. The number of esters is 1. The lowest BCUT2D eigenvalue weighted by molar-refractivity contribution is -0.132. The van der Waals surface area contributed by atoms with Crippen LogP contribution in [0.4, 0.5) is 0 Å². The molecule has 0 spiro atoms. The highest BCUT2D eigenvalue weighted by atomic mass is 28.2. The van der Waals surface area contributed by atoms with E-state index in [0.29, 0.717) is 18.1 Å². The third-order valence-electron chi connectivity index (χ3n) is 1.16. The molecule has 0 bridgehead atoms. The summed E-state index contributed by atoms with van der Waals surface area (Å²) in [5, 5.41) is 0. The summed E-state index contributed by atoms with van der Waals surface area (Å²) in [5.41, 5.74) is 0.430. The summed E-state index contributed by atoms with van der Waals surface area (Å²) >= 11 is 0. The lowest BCUT2D eigenvalue weighted by Gasteiger charge is -2.05. The summed E-state index contributed by atoms with van der Waals surface area (Å²) in [6.45, 7) is 4.03. The van der Waals surface area contributed by atoms with E-state index >= 15 is 0 Å². The lowest BCUT2D eigenvalue weighted by Crippen LogP contribution is -2.17. The molecule has 0 N–H and O–H groups in total. The second kappa shape index (κ2) is 5.07. The molecule has 0 atom stereocenters. The fraction of sp³-hybridized carbons (Fsp3) is 0.714. The van der Waals surface area contributed by atoms with Gasteiger partial charge in [0.15, 0.2) is 0 Å². The minimum Gasteiger partial charge on any atom is -0.465 e. The van der Waals surface area contributed by atoms with E-state index in [1.807, 2.05) is 13.8 Å². The van der Waals surface area contributed by atoms with Crippen LogP contribution in [0.1, 0.15) is 20.3 Å². The highest BCUT2D eigenvalue weighted by Crippen LogP contribution is 2.02. The molecular weight excluding hydrogens is 158 g/mol. The molecule has 0 heterocycles. The van der Waals surface area contributed by atoms with Gasteiger partial charge in [0.1, 0.15) is 5.71 Å². The first-order valence-electron chi connectivity index (χ1n) is 3.43. The van der Waals surface area contributed by atoms with Crippen molar-refractivity contribution in [3.05, 3.63) is 0 Å². The van der Waals surface area contributed by atoms with E-state index in [4.69, 9.17) is 0 Å². The molecule has 3 radical (unpaired) electrons. The number of ether oxygens (including phenoxy) is 1. The second-order valence-corrected chi connectivity index (χ2v) is 2.87. The van der Waals surface area contributed by atoms with Gasteiger partial charge in [-0.15, -0.1) is 0 Å². The van der Waals surface area contributed by atoms with Crippen molar-refractivity contribution in [2.45, 2.75) is 20.3 Å². The summed E-state index contributed by atoms with van der Waals surface area (Å²) < 4.78 is 8.15. The summed E-state index contributed by atoms with van der Waals surface area (Å²) in [7, 11) is 4.27. The predicted octanol–water partition coefficient (Wildman–Crippen LogP) is 0.730. The molecule has 0 saturated heterocycles. The van der Waals surface area contributed by atoms with Crippen LogP contribution in [-0.2, 0) is 9.53 Å². The number of hydrogen-bond acceptors (Lipinski definition) is 3. The largest absolute Gasteiger partial charge is 0.465 e. The van der Waals surface area contributed by atoms with Crippen LogP contribution < -0.4 is 0 Å². The van der Waals surface area contributed by atoms with Gasteiger partial charge >= 0.3 is 5.97 Å². The molecule has 11 heavy (non-hydrogen) atoms. The second-order valence-electron chi connectivity index (χ2n) is 2.65. The quantitative estimate of drug-likeness (QED) is 0.356. The number of hydrogen-bond donors (Lipinski definition) is 0. The van der Waals surface area contributed by atoms with Crippen molar-refractivity contribution in [2.75, 3.05) is 7.11 Å². The van der Waals surface area contributed by atoms with Crippen molar-refractivity contribution < 1.29 is 9.53 Å². The first-order chi connectivity index (χ1) is 5.11. The molecular formula is C7H12NO2Si. The van der Waals surface area contributed by atoms with E-state index in [1.165, 1.54) is 7.11 Å². The summed E-state index contributed by atoms with van der Waals surface area (Å²) in [4.78, 5) is 10.9. The number of carbonyl (C=O) groups excluding carboxylic acids is 1. The van der Waals surface area contributed by atoms with Crippen molar-refractivity contribution in [3.8, 4) is 0 Å². The number of methoxy groups -OCH3 is 1. The molecule has 0 amide bonds. The van der Waals surface area contributed by atoms with Gasteiger partial charge in [-0.1, -0.05) is 13.8 Å². The van der Waals surface area contributed by atoms with Crippen molar-refractivity contribution in [1.29, 1.82) is 0 Å². The van der Waals surface area contributed by atoms with E-state index in [2.05, 4.69) is 19.8 Å².